The lowest BCUT2D eigenvalue weighted by Gasteiger charge is -2.09. The molecule has 6 nitrogen and oxygen atoms in total. The van der Waals surface area contributed by atoms with Gasteiger partial charge in [0.2, 0.25) is 5.82 Å². The Bertz CT molecular complexity index is 888. The third-order valence-corrected chi connectivity index (χ3v) is 4.59. The summed E-state index contributed by atoms with van der Waals surface area (Å²) >= 11 is 12.3. The monoisotopic (exact) mass is 366 g/mol. The van der Waals surface area contributed by atoms with E-state index in [1.54, 1.807) is 30.0 Å². The van der Waals surface area contributed by atoms with Gasteiger partial charge in [-0.25, -0.2) is 0 Å². The Balaban J connectivity index is 1.99. The Hall–Kier alpha value is -2.05. The van der Waals surface area contributed by atoms with E-state index < -0.39 is 0 Å². The van der Waals surface area contributed by atoms with Crippen LogP contribution in [-0.2, 0) is 0 Å². The van der Waals surface area contributed by atoms with E-state index >= 15 is 0 Å². The van der Waals surface area contributed by atoms with E-state index in [4.69, 9.17) is 32.5 Å². The van der Waals surface area contributed by atoms with E-state index in [-0.39, 0.29) is 6.04 Å². The molecule has 0 amide bonds. The van der Waals surface area contributed by atoms with E-state index in [2.05, 4.69) is 15.2 Å². The van der Waals surface area contributed by atoms with Gasteiger partial charge in [-0.1, -0.05) is 28.4 Å². The number of benzene rings is 1. The van der Waals surface area contributed by atoms with Crippen LogP contribution >= 0.6 is 23.2 Å². The second-order valence-corrected chi connectivity index (χ2v) is 6.22. The van der Waals surface area contributed by atoms with Gasteiger partial charge in [-0.15, -0.1) is 0 Å². The van der Waals surface area contributed by atoms with Gasteiger partial charge in [-0.2, -0.15) is 10.1 Å². The molecular weight excluding hydrogens is 351 g/mol. The summed E-state index contributed by atoms with van der Waals surface area (Å²) in [7, 11) is 1.58. The smallest absolute Gasteiger partial charge is 0.251 e. The maximum atomic E-state index is 6.21. The van der Waals surface area contributed by atoms with Crippen LogP contribution in [0.5, 0.6) is 5.75 Å². The third-order valence-electron chi connectivity index (χ3n) is 3.81. The van der Waals surface area contributed by atoms with Crippen molar-refractivity contribution in [1.29, 1.82) is 0 Å². The van der Waals surface area contributed by atoms with Gasteiger partial charge in [0.05, 0.1) is 29.1 Å². The van der Waals surface area contributed by atoms with Crippen LogP contribution < -0.4 is 4.74 Å². The molecule has 2 heterocycles. The Morgan fingerprint density at radius 3 is 2.62 bits per heavy atom. The normalized spacial score (nSPS) is 12.4. The largest absolute Gasteiger partial charge is 0.496 e. The molecule has 0 aliphatic carbocycles. The van der Waals surface area contributed by atoms with Crippen LogP contribution in [0.3, 0.4) is 0 Å². The predicted octanol–water partition coefficient (Wildman–Crippen LogP) is 4.47. The molecule has 0 saturated heterocycles. The molecule has 1 atom stereocenters. The molecule has 3 rings (SSSR count). The minimum atomic E-state index is -0.248. The van der Waals surface area contributed by atoms with Crippen molar-refractivity contribution >= 4 is 23.2 Å². The van der Waals surface area contributed by atoms with E-state index in [1.165, 1.54) is 0 Å². The van der Waals surface area contributed by atoms with Crippen molar-refractivity contribution < 1.29 is 9.26 Å². The summed E-state index contributed by atoms with van der Waals surface area (Å²) in [5, 5.41) is 9.67. The number of rotatable bonds is 4. The molecule has 0 aliphatic rings. The molecule has 3 aromatic rings. The van der Waals surface area contributed by atoms with E-state index in [9.17, 15) is 0 Å². The van der Waals surface area contributed by atoms with Crippen molar-refractivity contribution in [3.63, 3.8) is 0 Å². The number of halogens is 2. The van der Waals surface area contributed by atoms with Crippen molar-refractivity contribution in [3.8, 4) is 17.1 Å². The van der Waals surface area contributed by atoms with Gasteiger partial charge >= 0.3 is 0 Å². The number of aryl methyl sites for hydroxylation is 1. The summed E-state index contributed by atoms with van der Waals surface area (Å²) in [6.07, 6.45) is 0. The second kappa shape index (κ2) is 6.45. The lowest BCUT2D eigenvalue weighted by molar-refractivity contribution is 0.334. The third kappa shape index (κ3) is 2.87. The zero-order chi connectivity index (χ0) is 17.4. The Morgan fingerprint density at radius 2 is 2.00 bits per heavy atom. The number of methoxy groups -OCH3 is 1. The van der Waals surface area contributed by atoms with Crippen LogP contribution in [0, 0.1) is 13.8 Å². The first-order valence-corrected chi connectivity index (χ1v) is 8.06. The molecule has 0 radical (unpaired) electrons. The summed E-state index contributed by atoms with van der Waals surface area (Å²) in [6.45, 7) is 5.67. The summed E-state index contributed by atoms with van der Waals surface area (Å²) < 4.78 is 12.5. The maximum absolute atomic E-state index is 6.21. The minimum absolute atomic E-state index is 0.248. The molecule has 8 heteroatoms. The van der Waals surface area contributed by atoms with Crippen molar-refractivity contribution in [2.24, 2.45) is 0 Å². The standard InChI is InChI=1S/C16H16Cl2N4O2/c1-8-14(18)9(2)22(20-8)10(3)16-19-15(21-24-16)12-7-11(17)5-6-13(12)23-4/h5-7,10H,1-4H3. The molecule has 126 valence electrons. The molecule has 0 spiro atoms. The topological polar surface area (TPSA) is 66.0 Å². The summed E-state index contributed by atoms with van der Waals surface area (Å²) in [5.41, 5.74) is 2.28. The first-order valence-electron chi connectivity index (χ1n) is 7.31. The number of hydrogen-bond acceptors (Lipinski definition) is 5. The van der Waals surface area contributed by atoms with Gasteiger partial charge in [-0.3, -0.25) is 4.68 Å². The van der Waals surface area contributed by atoms with E-state index in [0.29, 0.717) is 33.1 Å². The lowest BCUT2D eigenvalue weighted by atomic mass is 10.2. The molecule has 0 saturated carbocycles. The average molecular weight is 367 g/mol. The first kappa shape index (κ1) is 16.8. The second-order valence-electron chi connectivity index (χ2n) is 5.41. The zero-order valence-electron chi connectivity index (χ0n) is 13.7. The number of hydrogen-bond donors (Lipinski definition) is 0. The first-order chi connectivity index (χ1) is 11.4. The number of ether oxygens (including phenoxy) is 1. The summed E-state index contributed by atoms with van der Waals surface area (Å²) in [4.78, 5) is 4.47. The van der Waals surface area contributed by atoms with Crippen molar-refractivity contribution in [3.05, 3.63) is 45.5 Å². The highest BCUT2D eigenvalue weighted by Gasteiger charge is 2.22. The fourth-order valence-corrected chi connectivity index (χ4v) is 2.79. The Morgan fingerprint density at radius 1 is 1.25 bits per heavy atom. The van der Waals surface area contributed by atoms with Crippen LogP contribution in [0.15, 0.2) is 22.7 Å². The molecule has 0 bridgehead atoms. The highest BCUT2D eigenvalue weighted by molar-refractivity contribution is 6.31. The highest BCUT2D eigenvalue weighted by atomic mass is 35.5. The molecule has 0 fully saturated rings. The predicted molar refractivity (Wildman–Crippen MR) is 91.8 cm³/mol. The zero-order valence-corrected chi connectivity index (χ0v) is 15.2. The van der Waals surface area contributed by atoms with Crippen molar-refractivity contribution in [2.45, 2.75) is 26.8 Å². The van der Waals surface area contributed by atoms with Gasteiger partial charge in [0.1, 0.15) is 11.8 Å². The molecule has 0 N–H and O–H groups in total. The van der Waals surface area contributed by atoms with E-state index in [1.807, 2.05) is 20.8 Å². The Labute approximate surface area is 149 Å². The molecule has 24 heavy (non-hydrogen) atoms. The van der Waals surface area contributed by atoms with Crippen LogP contribution in [-0.4, -0.2) is 27.0 Å². The highest BCUT2D eigenvalue weighted by Crippen LogP contribution is 2.32. The maximum Gasteiger partial charge on any atom is 0.251 e. The van der Waals surface area contributed by atoms with Gasteiger partial charge in [-0.05, 0) is 39.0 Å². The molecule has 1 unspecified atom stereocenters. The van der Waals surface area contributed by atoms with Gasteiger partial charge in [0.15, 0.2) is 0 Å². The van der Waals surface area contributed by atoms with Gasteiger partial charge in [0.25, 0.3) is 5.89 Å². The number of nitrogens with zero attached hydrogens (tertiary/aromatic N) is 4. The van der Waals surface area contributed by atoms with Crippen LogP contribution in [0.2, 0.25) is 10.0 Å². The fraction of sp³-hybridized carbons (Fsp3) is 0.312. The number of aromatic nitrogens is 4. The van der Waals surface area contributed by atoms with Crippen molar-refractivity contribution in [2.75, 3.05) is 7.11 Å². The SMILES string of the molecule is COc1ccc(Cl)cc1-c1noc(C(C)n2nc(C)c(Cl)c2C)n1. The summed E-state index contributed by atoms with van der Waals surface area (Å²) in [6, 6.07) is 4.99. The van der Waals surface area contributed by atoms with Crippen LogP contribution in [0.4, 0.5) is 0 Å². The quantitative estimate of drug-likeness (QED) is 0.681. The van der Waals surface area contributed by atoms with Gasteiger partial charge in [0, 0.05) is 5.02 Å². The van der Waals surface area contributed by atoms with E-state index in [0.717, 1.165) is 11.4 Å². The Kier molecular flexibility index (Phi) is 4.51. The van der Waals surface area contributed by atoms with Crippen LogP contribution in [0.25, 0.3) is 11.4 Å². The van der Waals surface area contributed by atoms with Crippen molar-refractivity contribution in [1.82, 2.24) is 19.9 Å². The lowest BCUT2D eigenvalue weighted by Crippen LogP contribution is -2.10. The average Bonchev–Trinajstić information content (AvgIpc) is 3.15. The molecule has 2 aromatic heterocycles. The van der Waals surface area contributed by atoms with Crippen LogP contribution in [0.1, 0.15) is 30.2 Å². The fourth-order valence-electron chi connectivity index (χ4n) is 2.49. The molecular formula is C16H16Cl2N4O2. The molecule has 0 aliphatic heterocycles. The minimum Gasteiger partial charge on any atom is -0.496 e. The molecule has 1 aromatic carbocycles. The van der Waals surface area contributed by atoms with Gasteiger partial charge < -0.3 is 9.26 Å². The summed E-state index contributed by atoms with van der Waals surface area (Å²) in [5.74, 6) is 1.45.